The number of carbonyl (C=O) groups is 1. The van der Waals surface area contributed by atoms with E-state index in [-0.39, 0.29) is 12.5 Å². The maximum absolute atomic E-state index is 11.5. The Morgan fingerprint density at radius 3 is 2.08 bits per heavy atom. The van der Waals surface area contributed by atoms with Gasteiger partial charge in [-0.05, 0) is 34.7 Å². The van der Waals surface area contributed by atoms with Crippen LogP contribution in [0.4, 0.5) is 0 Å². The van der Waals surface area contributed by atoms with Gasteiger partial charge in [0, 0.05) is 6.54 Å². The molecule has 0 saturated heterocycles. The van der Waals surface area contributed by atoms with Gasteiger partial charge in [0.2, 0.25) is 5.91 Å². The fourth-order valence-electron chi connectivity index (χ4n) is 0.631. The minimum Gasteiger partial charge on any atom is -0.389 e. The van der Waals surface area contributed by atoms with Gasteiger partial charge in [0.05, 0.1) is 11.1 Å². The van der Waals surface area contributed by atoms with Crippen molar-refractivity contribution in [3.63, 3.8) is 0 Å². The van der Waals surface area contributed by atoms with Gasteiger partial charge in [0.25, 0.3) is 0 Å². The molecule has 3 N–H and O–H groups in total. The standard InChI is InChI=1S/C9H20N2O2/c1-8(2,13)6-11-7(12)9(3,4)10-5/h10,13H,6H2,1-5H3,(H,11,12). The molecule has 0 radical (unpaired) electrons. The van der Waals surface area contributed by atoms with Crippen LogP contribution in [0.15, 0.2) is 0 Å². The summed E-state index contributed by atoms with van der Waals surface area (Å²) in [5, 5.41) is 14.9. The summed E-state index contributed by atoms with van der Waals surface area (Å²) in [6, 6.07) is 0. The van der Waals surface area contributed by atoms with Gasteiger partial charge in [-0.25, -0.2) is 0 Å². The number of hydrogen-bond donors (Lipinski definition) is 3. The van der Waals surface area contributed by atoms with Gasteiger partial charge in [-0.3, -0.25) is 4.79 Å². The van der Waals surface area contributed by atoms with Crippen molar-refractivity contribution < 1.29 is 9.90 Å². The van der Waals surface area contributed by atoms with Gasteiger partial charge in [0.15, 0.2) is 0 Å². The van der Waals surface area contributed by atoms with Gasteiger partial charge in [0.1, 0.15) is 0 Å². The van der Waals surface area contributed by atoms with Crippen LogP contribution in [0.2, 0.25) is 0 Å². The Balaban J connectivity index is 4.03. The third kappa shape index (κ3) is 4.85. The summed E-state index contributed by atoms with van der Waals surface area (Å²) in [6.07, 6.45) is 0. The molecule has 0 bridgehead atoms. The number of hydrogen-bond acceptors (Lipinski definition) is 3. The molecule has 0 aromatic rings. The molecule has 0 aliphatic rings. The summed E-state index contributed by atoms with van der Waals surface area (Å²) in [7, 11) is 1.73. The molecule has 0 saturated carbocycles. The monoisotopic (exact) mass is 188 g/mol. The molecule has 0 spiro atoms. The van der Waals surface area contributed by atoms with Crippen LogP contribution >= 0.6 is 0 Å². The molecule has 4 nitrogen and oxygen atoms in total. The summed E-state index contributed by atoms with van der Waals surface area (Å²) in [5.41, 5.74) is -1.45. The SMILES string of the molecule is CNC(C)(C)C(=O)NCC(C)(C)O. The van der Waals surface area contributed by atoms with Gasteiger partial charge < -0.3 is 15.7 Å². The molecule has 4 heteroatoms. The lowest BCUT2D eigenvalue weighted by molar-refractivity contribution is -0.127. The molecule has 78 valence electrons. The Morgan fingerprint density at radius 2 is 1.77 bits per heavy atom. The second-order valence-corrected chi connectivity index (χ2v) is 4.37. The van der Waals surface area contributed by atoms with Crippen molar-refractivity contribution in [2.45, 2.75) is 38.8 Å². The quantitative estimate of drug-likeness (QED) is 0.576. The Labute approximate surface area is 79.7 Å². The van der Waals surface area contributed by atoms with E-state index < -0.39 is 11.1 Å². The molecule has 0 aromatic carbocycles. The lowest BCUT2D eigenvalue weighted by atomic mass is 10.0. The van der Waals surface area contributed by atoms with E-state index in [4.69, 9.17) is 0 Å². The van der Waals surface area contributed by atoms with E-state index in [2.05, 4.69) is 10.6 Å². The van der Waals surface area contributed by atoms with Crippen molar-refractivity contribution >= 4 is 5.91 Å². The highest BCUT2D eigenvalue weighted by molar-refractivity contribution is 5.85. The average molecular weight is 188 g/mol. The fraction of sp³-hybridized carbons (Fsp3) is 0.889. The van der Waals surface area contributed by atoms with Crippen LogP contribution in [-0.4, -0.2) is 35.7 Å². The Hall–Kier alpha value is -0.610. The van der Waals surface area contributed by atoms with Crippen molar-refractivity contribution in [2.24, 2.45) is 0 Å². The number of likely N-dealkylation sites (N-methyl/N-ethyl adjacent to an activating group) is 1. The van der Waals surface area contributed by atoms with Crippen molar-refractivity contribution in [3.8, 4) is 0 Å². The number of rotatable bonds is 4. The topological polar surface area (TPSA) is 61.4 Å². The first-order valence-electron chi connectivity index (χ1n) is 4.38. The minimum atomic E-state index is -0.862. The summed E-state index contributed by atoms with van der Waals surface area (Å²) in [5.74, 6) is -0.114. The zero-order valence-electron chi connectivity index (χ0n) is 9.06. The second-order valence-electron chi connectivity index (χ2n) is 4.37. The van der Waals surface area contributed by atoms with Crippen LogP contribution in [-0.2, 0) is 4.79 Å². The maximum Gasteiger partial charge on any atom is 0.239 e. The molecular formula is C9H20N2O2. The second kappa shape index (κ2) is 4.07. The highest BCUT2D eigenvalue weighted by Crippen LogP contribution is 2.02. The third-order valence-corrected chi connectivity index (χ3v) is 1.87. The molecule has 1 amide bonds. The first-order valence-corrected chi connectivity index (χ1v) is 4.38. The van der Waals surface area contributed by atoms with Crippen LogP contribution in [0.5, 0.6) is 0 Å². The van der Waals surface area contributed by atoms with Crippen LogP contribution in [0, 0.1) is 0 Å². The number of aliphatic hydroxyl groups is 1. The lowest BCUT2D eigenvalue weighted by Crippen LogP contribution is -2.53. The summed E-state index contributed by atoms with van der Waals surface area (Å²) < 4.78 is 0. The fourth-order valence-corrected chi connectivity index (χ4v) is 0.631. The van der Waals surface area contributed by atoms with E-state index in [1.807, 2.05) is 0 Å². The Kier molecular flexibility index (Phi) is 3.88. The predicted molar refractivity (Wildman–Crippen MR) is 52.4 cm³/mol. The van der Waals surface area contributed by atoms with E-state index in [0.29, 0.717) is 0 Å². The van der Waals surface area contributed by atoms with Crippen molar-refractivity contribution in [1.29, 1.82) is 0 Å². The first kappa shape index (κ1) is 12.4. The van der Waals surface area contributed by atoms with Gasteiger partial charge >= 0.3 is 0 Å². The van der Waals surface area contributed by atoms with Crippen LogP contribution in [0.25, 0.3) is 0 Å². The molecule has 0 heterocycles. The first-order chi connectivity index (χ1) is 5.69. The van der Waals surface area contributed by atoms with E-state index >= 15 is 0 Å². The lowest BCUT2D eigenvalue weighted by Gasteiger charge is -2.25. The van der Waals surface area contributed by atoms with Gasteiger partial charge in [-0.2, -0.15) is 0 Å². The van der Waals surface area contributed by atoms with Crippen LogP contribution in [0.3, 0.4) is 0 Å². The van der Waals surface area contributed by atoms with Crippen molar-refractivity contribution in [2.75, 3.05) is 13.6 Å². The Morgan fingerprint density at radius 1 is 1.31 bits per heavy atom. The molecule has 0 fully saturated rings. The van der Waals surface area contributed by atoms with E-state index in [0.717, 1.165) is 0 Å². The Bertz CT molecular complexity index is 183. The summed E-state index contributed by atoms with van der Waals surface area (Å²) in [4.78, 5) is 11.5. The number of carbonyl (C=O) groups excluding carboxylic acids is 1. The maximum atomic E-state index is 11.5. The van der Waals surface area contributed by atoms with E-state index in [1.54, 1.807) is 34.7 Å². The third-order valence-electron chi connectivity index (χ3n) is 1.87. The summed E-state index contributed by atoms with van der Waals surface area (Å²) >= 11 is 0. The predicted octanol–water partition coefficient (Wildman–Crippen LogP) is -0.128. The highest BCUT2D eigenvalue weighted by Gasteiger charge is 2.26. The minimum absolute atomic E-state index is 0.114. The highest BCUT2D eigenvalue weighted by atomic mass is 16.3. The molecule has 0 atom stereocenters. The van der Waals surface area contributed by atoms with E-state index in [1.165, 1.54) is 0 Å². The van der Waals surface area contributed by atoms with E-state index in [9.17, 15) is 9.90 Å². The molecule has 13 heavy (non-hydrogen) atoms. The molecule has 0 aromatic heterocycles. The average Bonchev–Trinajstić information content (AvgIpc) is 1.98. The van der Waals surface area contributed by atoms with Crippen LogP contribution in [0.1, 0.15) is 27.7 Å². The largest absolute Gasteiger partial charge is 0.389 e. The van der Waals surface area contributed by atoms with Crippen molar-refractivity contribution in [1.82, 2.24) is 10.6 Å². The number of nitrogens with one attached hydrogen (secondary N) is 2. The van der Waals surface area contributed by atoms with Gasteiger partial charge in [-0.1, -0.05) is 0 Å². The van der Waals surface area contributed by atoms with Gasteiger partial charge in [-0.15, -0.1) is 0 Å². The molecule has 0 aliphatic carbocycles. The normalized spacial score (nSPS) is 12.8. The zero-order chi connectivity index (χ0) is 10.7. The van der Waals surface area contributed by atoms with Crippen LogP contribution < -0.4 is 10.6 Å². The molecule has 0 aliphatic heterocycles. The number of amides is 1. The molecule has 0 rings (SSSR count). The smallest absolute Gasteiger partial charge is 0.239 e. The zero-order valence-corrected chi connectivity index (χ0v) is 9.06. The summed E-state index contributed by atoms with van der Waals surface area (Å²) in [6.45, 7) is 7.13. The van der Waals surface area contributed by atoms with Crippen molar-refractivity contribution in [3.05, 3.63) is 0 Å². The molecular weight excluding hydrogens is 168 g/mol. The molecule has 0 unspecified atom stereocenters.